The fraction of sp³-hybridized carbons (Fsp3) is 0.615. The summed E-state index contributed by atoms with van der Waals surface area (Å²) in [6, 6.07) is 0. The van der Waals surface area contributed by atoms with Gasteiger partial charge in [-0.2, -0.15) is 15.1 Å². The minimum atomic E-state index is 0.657. The van der Waals surface area contributed by atoms with E-state index in [1.165, 1.54) is 6.42 Å². The normalized spacial score (nSPS) is 21.6. The molecule has 1 aliphatic rings. The molecule has 2 unspecified atom stereocenters. The van der Waals surface area contributed by atoms with Crippen molar-refractivity contribution in [2.45, 2.75) is 26.7 Å². The summed E-state index contributed by atoms with van der Waals surface area (Å²) >= 11 is 0. The molecule has 3 N–H and O–H groups in total. The van der Waals surface area contributed by atoms with E-state index in [4.69, 9.17) is 0 Å². The smallest absolute Gasteiger partial charge is 0.226 e. The molecule has 0 aliphatic heterocycles. The molecule has 2 aromatic heterocycles. The van der Waals surface area contributed by atoms with Gasteiger partial charge in [0, 0.05) is 13.1 Å². The molecule has 2 atom stereocenters. The van der Waals surface area contributed by atoms with E-state index in [1.807, 2.05) is 0 Å². The van der Waals surface area contributed by atoms with Gasteiger partial charge in [-0.3, -0.25) is 5.10 Å². The average molecular weight is 260 g/mol. The number of nitrogens with zero attached hydrogens (tertiary/aromatic N) is 3. The molecule has 6 nitrogen and oxygen atoms in total. The van der Waals surface area contributed by atoms with Crippen LogP contribution in [-0.2, 0) is 0 Å². The van der Waals surface area contributed by atoms with E-state index >= 15 is 0 Å². The van der Waals surface area contributed by atoms with Gasteiger partial charge in [-0.15, -0.1) is 0 Å². The molecule has 0 amide bonds. The van der Waals surface area contributed by atoms with E-state index in [9.17, 15) is 0 Å². The summed E-state index contributed by atoms with van der Waals surface area (Å²) < 4.78 is 0. The maximum Gasteiger partial charge on any atom is 0.226 e. The number of H-pyrrole nitrogens is 1. The Bertz CT molecular complexity index is 563. The van der Waals surface area contributed by atoms with Gasteiger partial charge in [0.1, 0.15) is 5.82 Å². The Hall–Kier alpha value is -1.85. The minimum absolute atomic E-state index is 0.657. The highest BCUT2D eigenvalue weighted by atomic mass is 15.2. The van der Waals surface area contributed by atoms with Crippen molar-refractivity contribution in [3.8, 4) is 0 Å². The van der Waals surface area contributed by atoms with E-state index in [-0.39, 0.29) is 0 Å². The Morgan fingerprint density at radius 1 is 1.37 bits per heavy atom. The molecule has 0 saturated heterocycles. The van der Waals surface area contributed by atoms with E-state index in [0.717, 1.165) is 48.2 Å². The van der Waals surface area contributed by atoms with Gasteiger partial charge >= 0.3 is 0 Å². The Labute approximate surface area is 112 Å². The van der Waals surface area contributed by atoms with Crippen LogP contribution in [0.3, 0.4) is 0 Å². The lowest BCUT2D eigenvalue weighted by Crippen LogP contribution is -2.10. The van der Waals surface area contributed by atoms with Gasteiger partial charge in [-0.05, 0) is 24.7 Å². The summed E-state index contributed by atoms with van der Waals surface area (Å²) in [5, 5.41) is 14.6. The van der Waals surface area contributed by atoms with Crippen molar-refractivity contribution >= 4 is 22.8 Å². The van der Waals surface area contributed by atoms with Crippen molar-refractivity contribution in [3.05, 3.63) is 6.20 Å². The Morgan fingerprint density at radius 2 is 2.21 bits per heavy atom. The number of anilines is 2. The predicted molar refractivity (Wildman–Crippen MR) is 76.2 cm³/mol. The minimum Gasteiger partial charge on any atom is -0.369 e. The highest BCUT2D eigenvalue weighted by Gasteiger charge is 2.32. The maximum absolute atomic E-state index is 4.54. The molecule has 1 fully saturated rings. The monoisotopic (exact) mass is 260 g/mol. The second-order valence-corrected chi connectivity index (χ2v) is 5.31. The van der Waals surface area contributed by atoms with Crippen molar-refractivity contribution in [1.29, 1.82) is 0 Å². The second kappa shape index (κ2) is 5.03. The third kappa shape index (κ3) is 2.62. The van der Waals surface area contributed by atoms with E-state index in [0.29, 0.717) is 5.95 Å². The molecule has 0 aromatic carbocycles. The van der Waals surface area contributed by atoms with Crippen molar-refractivity contribution in [1.82, 2.24) is 20.2 Å². The number of nitrogens with one attached hydrogen (secondary N) is 3. The molecule has 102 valence electrons. The van der Waals surface area contributed by atoms with Gasteiger partial charge in [0.2, 0.25) is 5.95 Å². The maximum atomic E-state index is 4.54. The van der Waals surface area contributed by atoms with E-state index in [1.54, 1.807) is 6.20 Å². The predicted octanol–water partition coefficient (Wildman–Crippen LogP) is 2.24. The number of rotatable bonds is 6. The standard InChI is InChI=1S/C13H20N6/c1-3-4-14-13-17-11(15-6-9-5-8(9)2)10-7-16-19-12(10)18-13/h7-9H,3-6H2,1-2H3,(H3,14,15,16,17,18,19). The number of aromatic amines is 1. The molecule has 19 heavy (non-hydrogen) atoms. The lowest BCUT2D eigenvalue weighted by atomic mass is 10.3. The number of hydrogen-bond donors (Lipinski definition) is 3. The van der Waals surface area contributed by atoms with Gasteiger partial charge in [0.25, 0.3) is 0 Å². The van der Waals surface area contributed by atoms with Crippen LogP contribution in [0.2, 0.25) is 0 Å². The SMILES string of the molecule is CCCNc1nc(NCC2CC2C)c2cn[nH]c2n1. The summed E-state index contributed by atoms with van der Waals surface area (Å²) in [6.07, 6.45) is 4.14. The average Bonchev–Trinajstić information content (AvgIpc) is 2.91. The molecule has 2 aromatic rings. The van der Waals surface area contributed by atoms with Crippen LogP contribution in [0.5, 0.6) is 0 Å². The molecular formula is C13H20N6. The van der Waals surface area contributed by atoms with Gasteiger partial charge in [-0.25, -0.2) is 0 Å². The molecule has 0 bridgehead atoms. The Kier molecular flexibility index (Phi) is 3.23. The van der Waals surface area contributed by atoms with Crippen LogP contribution < -0.4 is 10.6 Å². The summed E-state index contributed by atoms with van der Waals surface area (Å²) in [6.45, 7) is 6.26. The number of aromatic nitrogens is 4. The molecular weight excluding hydrogens is 240 g/mol. The number of fused-ring (bicyclic) bond motifs is 1. The first-order chi connectivity index (χ1) is 9.28. The molecule has 0 radical (unpaired) electrons. The van der Waals surface area contributed by atoms with Crippen LogP contribution in [0.15, 0.2) is 6.20 Å². The third-order valence-corrected chi connectivity index (χ3v) is 3.65. The van der Waals surface area contributed by atoms with Gasteiger partial charge in [0.05, 0.1) is 11.6 Å². The zero-order chi connectivity index (χ0) is 13.2. The van der Waals surface area contributed by atoms with Crippen LogP contribution in [0.25, 0.3) is 11.0 Å². The largest absolute Gasteiger partial charge is 0.369 e. The molecule has 0 spiro atoms. The molecule has 1 aliphatic carbocycles. The molecule has 2 heterocycles. The fourth-order valence-corrected chi connectivity index (χ4v) is 2.20. The topological polar surface area (TPSA) is 78.5 Å². The fourth-order valence-electron chi connectivity index (χ4n) is 2.20. The lowest BCUT2D eigenvalue weighted by molar-refractivity contribution is 0.785. The van der Waals surface area contributed by atoms with Crippen molar-refractivity contribution < 1.29 is 0 Å². The first kappa shape index (κ1) is 12.2. The highest BCUT2D eigenvalue weighted by Crippen LogP contribution is 2.37. The summed E-state index contributed by atoms with van der Waals surface area (Å²) in [4.78, 5) is 8.95. The van der Waals surface area contributed by atoms with Gasteiger partial charge < -0.3 is 10.6 Å². The van der Waals surface area contributed by atoms with Crippen LogP contribution in [0.4, 0.5) is 11.8 Å². The van der Waals surface area contributed by atoms with E-state index < -0.39 is 0 Å². The molecule has 1 saturated carbocycles. The zero-order valence-corrected chi connectivity index (χ0v) is 11.4. The third-order valence-electron chi connectivity index (χ3n) is 3.65. The van der Waals surface area contributed by atoms with Gasteiger partial charge in [0.15, 0.2) is 5.65 Å². The number of hydrogen-bond acceptors (Lipinski definition) is 5. The van der Waals surface area contributed by atoms with E-state index in [2.05, 4.69) is 44.6 Å². The Morgan fingerprint density at radius 3 is 2.95 bits per heavy atom. The first-order valence-electron chi connectivity index (χ1n) is 6.96. The van der Waals surface area contributed by atoms with Crippen molar-refractivity contribution in [3.63, 3.8) is 0 Å². The van der Waals surface area contributed by atoms with Crippen LogP contribution in [-0.4, -0.2) is 33.3 Å². The second-order valence-electron chi connectivity index (χ2n) is 5.31. The first-order valence-corrected chi connectivity index (χ1v) is 6.96. The summed E-state index contributed by atoms with van der Waals surface area (Å²) in [5.74, 6) is 3.15. The zero-order valence-electron chi connectivity index (χ0n) is 11.4. The summed E-state index contributed by atoms with van der Waals surface area (Å²) in [7, 11) is 0. The molecule has 6 heteroatoms. The van der Waals surface area contributed by atoms with Crippen LogP contribution in [0.1, 0.15) is 26.7 Å². The van der Waals surface area contributed by atoms with Gasteiger partial charge in [-0.1, -0.05) is 13.8 Å². The Balaban J connectivity index is 1.80. The van der Waals surface area contributed by atoms with Crippen molar-refractivity contribution in [2.75, 3.05) is 23.7 Å². The molecule has 3 rings (SSSR count). The summed E-state index contributed by atoms with van der Waals surface area (Å²) in [5.41, 5.74) is 0.778. The quantitative estimate of drug-likeness (QED) is 0.742. The van der Waals surface area contributed by atoms with Crippen molar-refractivity contribution in [2.24, 2.45) is 11.8 Å². The lowest BCUT2D eigenvalue weighted by Gasteiger charge is -2.09. The highest BCUT2D eigenvalue weighted by molar-refractivity contribution is 5.86. The van der Waals surface area contributed by atoms with Crippen LogP contribution in [0, 0.1) is 11.8 Å². The van der Waals surface area contributed by atoms with Crippen LogP contribution >= 0.6 is 0 Å².